The number of aryl methyl sites for hydroxylation is 1. The summed E-state index contributed by atoms with van der Waals surface area (Å²) in [6.45, 7) is 4.82. The first-order valence-corrected chi connectivity index (χ1v) is 7.03. The zero-order valence-electron chi connectivity index (χ0n) is 12.3. The van der Waals surface area contributed by atoms with Crippen LogP contribution in [0, 0.1) is 12.8 Å². The maximum absolute atomic E-state index is 11.9. The molecule has 1 aromatic carbocycles. The summed E-state index contributed by atoms with van der Waals surface area (Å²) in [4.78, 5) is 14.0. The summed E-state index contributed by atoms with van der Waals surface area (Å²) in [7, 11) is 1.75. The number of carbonyl (C=O) groups excluding carboxylic acids is 1. The second-order valence-corrected chi connectivity index (χ2v) is 5.46. The summed E-state index contributed by atoms with van der Waals surface area (Å²) < 4.78 is 5.56. The Bertz CT molecular complexity index is 477. The van der Waals surface area contributed by atoms with E-state index < -0.39 is 0 Å². The summed E-state index contributed by atoms with van der Waals surface area (Å²) in [5, 5.41) is 0. The van der Waals surface area contributed by atoms with E-state index in [2.05, 4.69) is 0 Å². The zero-order chi connectivity index (χ0) is 15.1. The normalized spacial score (nSPS) is 11.8. The van der Waals surface area contributed by atoms with Crippen LogP contribution in [0.1, 0.15) is 18.9 Å². The molecular weight excluding hydrogens is 272 g/mol. The lowest BCUT2D eigenvalue weighted by molar-refractivity contribution is -0.130. The van der Waals surface area contributed by atoms with Crippen LogP contribution in [-0.4, -0.2) is 36.0 Å². The lowest BCUT2D eigenvalue weighted by atomic mass is 10.1. The molecule has 0 aromatic heterocycles. The van der Waals surface area contributed by atoms with Gasteiger partial charge in [0.25, 0.3) is 0 Å². The lowest BCUT2D eigenvalue weighted by Crippen LogP contribution is -2.36. The monoisotopic (exact) mass is 294 g/mol. The van der Waals surface area contributed by atoms with Crippen molar-refractivity contribution in [3.8, 4) is 5.75 Å². The van der Waals surface area contributed by atoms with E-state index in [4.69, 9.17) is 22.7 Å². The number of rotatable bonds is 7. The van der Waals surface area contributed by atoms with Crippen molar-refractivity contribution in [3.05, 3.63) is 29.8 Å². The Morgan fingerprint density at radius 1 is 1.50 bits per heavy atom. The third kappa shape index (κ3) is 5.57. The van der Waals surface area contributed by atoms with Crippen molar-refractivity contribution in [1.29, 1.82) is 0 Å². The first kappa shape index (κ1) is 16.4. The van der Waals surface area contributed by atoms with Gasteiger partial charge >= 0.3 is 0 Å². The molecule has 110 valence electrons. The minimum absolute atomic E-state index is 0.0247. The molecule has 1 rings (SSSR count). The van der Waals surface area contributed by atoms with Gasteiger partial charge in [-0.25, -0.2) is 0 Å². The molecule has 0 fully saturated rings. The third-order valence-electron chi connectivity index (χ3n) is 3.03. The maximum Gasteiger partial charge on any atom is 0.225 e. The van der Waals surface area contributed by atoms with Gasteiger partial charge < -0.3 is 15.4 Å². The lowest BCUT2D eigenvalue weighted by Gasteiger charge is -2.21. The highest BCUT2D eigenvalue weighted by Crippen LogP contribution is 2.12. The maximum atomic E-state index is 11.9. The van der Waals surface area contributed by atoms with Crippen LogP contribution in [0.25, 0.3) is 0 Å². The number of ether oxygens (including phenoxy) is 1. The number of hydrogen-bond donors (Lipinski definition) is 1. The van der Waals surface area contributed by atoms with E-state index in [0.717, 1.165) is 11.3 Å². The van der Waals surface area contributed by atoms with Crippen LogP contribution >= 0.6 is 12.2 Å². The molecule has 0 saturated carbocycles. The average molecular weight is 294 g/mol. The van der Waals surface area contributed by atoms with Crippen LogP contribution in [0.4, 0.5) is 0 Å². The fourth-order valence-corrected chi connectivity index (χ4v) is 1.83. The van der Waals surface area contributed by atoms with E-state index in [1.165, 1.54) is 0 Å². The third-order valence-corrected chi connectivity index (χ3v) is 3.44. The highest BCUT2D eigenvalue weighted by Gasteiger charge is 2.14. The van der Waals surface area contributed by atoms with Crippen LogP contribution in [0.5, 0.6) is 5.75 Å². The highest BCUT2D eigenvalue weighted by atomic mass is 32.1. The fourth-order valence-electron chi connectivity index (χ4n) is 1.75. The van der Waals surface area contributed by atoms with Gasteiger partial charge in [0.1, 0.15) is 5.75 Å². The Labute approximate surface area is 125 Å². The van der Waals surface area contributed by atoms with Crippen molar-refractivity contribution in [2.75, 3.05) is 20.2 Å². The molecule has 0 spiro atoms. The van der Waals surface area contributed by atoms with Crippen LogP contribution in [0.15, 0.2) is 24.3 Å². The second-order valence-electron chi connectivity index (χ2n) is 4.99. The number of nitrogens with two attached hydrogens (primary N) is 1. The van der Waals surface area contributed by atoms with Gasteiger partial charge in [-0.2, -0.15) is 0 Å². The minimum atomic E-state index is 0.0247. The van der Waals surface area contributed by atoms with Crippen molar-refractivity contribution < 1.29 is 9.53 Å². The Hall–Kier alpha value is -1.62. The molecule has 0 aliphatic heterocycles. The summed E-state index contributed by atoms with van der Waals surface area (Å²) in [5.74, 6) is 0.842. The zero-order valence-corrected chi connectivity index (χ0v) is 13.1. The molecule has 1 unspecified atom stereocenters. The first-order valence-electron chi connectivity index (χ1n) is 6.63. The molecule has 0 aliphatic carbocycles. The molecule has 20 heavy (non-hydrogen) atoms. The Balaban J connectivity index is 2.34. The molecule has 0 heterocycles. The van der Waals surface area contributed by atoms with Gasteiger partial charge in [-0.3, -0.25) is 4.79 Å². The molecular formula is C15H22N2O2S. The molecule has 2 N–H and O–H groups in total. The molecule has 1 amide bonds. The second kappa shape index (κ2) is 7.85. The number of carbonyl (C=O) groups is 1. The predicted octanol–water partition coefficient (Wildman–Crippen LogP) is 2.14. The SMILES string of the molecule is Cc1cccc(OCCC(=O)N(C)CC(C)C(N)=S)c1. The van der Waals surface area contributed by atoms with E-state index in [9.17, 15) is 4.79 Å². The van der Waals surface area contributed by atoms with Crippen molar-refractivity contribution in [2.24, 2.45) is 11.7 Å². The molecule has 0 saturated heterocycles. The smallest absolute Gasteiger partial charge is 0.225 e. The van der Waals surface area contributed by atoms with Gasteiger partial charge in [-0.1, -0.05) is 31.3 Å². The summed E-state index contributed by atoms with van der Waals surface area (Å²) in [6.07, 6.45) is 0.342. The minimum Gasteiger partial charge on any atom is -0.493 e. The van der Waals surface area contributed by atoms with Gasteiger partial charge in [0.2, 0.25) is 5.91 Å². The highest BCUT2D eigenvalue weighted by molar-refractivity contribution is 7.80. The Morgan fingerprint density at radius 2 is 2.20 bits per heavy atom. The molecule has 0 aliphatic rings. The van der Waals surface area contributed by atoms with Crippen molar-refractivity contribution in [3.63, 3.8) is 0 Å². The molecule has 0 bridgehead atoms. The van der Waals surface area contributed by atoms with Gasteiger partial charge in [-0.05, 0) is 24.6 Å². The van der Waals surface area contributed by atoms with Crippen LogP contribution in [-0.2, 0) is 4.79 Å². The quantitative estimate of drug-likeness (QED) is 0.783. The summed E-state index contributed by atoms with van der Waals surface area (Å²) in [6, 6.07) is 7.77. The van der Waals surface area contributed by atoms with Crippen molar-refractivity contribution >= 4 is 23.1 Å². The summed E-state index contributed by atoms with van der Waals surface area (Å²) in [5.41, 5.74) is 6.68. The van der Waals surface area contributed by atoms with Crippen molar-refractivity contribution in [2.45, 2.75) is 20.3 Å². The summed E-state index contributed by atoms with van der Waals surface area (Å²) >= 11 is 4.90. The van der Waals surface area contributed by atoms with Gasteiger partial charge in [0, 0.05) is 19.5 Å². The number of thiocarbonyl (C=S) groups is 1. The fraction of sp³-hybridized carbons (Fsp3) is 0.467. The van der Waals surface area contributed by atoms with Gasteiger partial charge in [-0.15, -0.1) is 0 Å². The Kier molecular flexibility index (Phi) is 6.45. The van der Waals surface area contributed by atoms with Gasteiger partial charge in [0.05, 0.1) is 18.0 Å². The van der Waals surface area contributed by atoms with E-state index in [1.807, 2.05) is 38.1 Å². The number of benzene rings is 1. The molecule has 4 nitrogen and oxygen atoms in total. The Morgan fingerprint density at radius 3 is 2.80 bits per heavy atom. The number of hydrogen-bond acceptors (Lipinski definition) is 3. The van der Waals surface area contributed by atoms with E-state index in [0.29, 0.717) is 24.6 Å². The number of amides is 1. The molecule has 0 radical (unpaired) electrons. The molecule has 1 atom stereocenters. The largest absolute Gasteiger partial charge is 0.493 e. The topological polar surface area (TPSA) is 55.6 Å². The van der Waals surface area contributed by atoms with Crippen LogP contribution < -0.4 is 10.5 Å². The van der Waals surface area contributed by atoms with Crippen LogP contribution in [0.2, 0.25) is 0 Å². The molecule has 1 aromatic rings. The van der Waals surface area contributed by atoms with Gasteiger partial charge in [0.15, 0.2) is 0 Å². The standard InChI is InChI=1S/C15H22N2O2S/c1-11-5-4-6-13(9-11)19-8-7-14(18)17(3)10-12(2)15(16)20/h4-6,9,12H,7-8,10H2,1-3H3,(H2,16,20). The van der Waals surface area contributed by atoms with E-state index in [-0.39, 0.29) is 11.8 Å². The number of nitrogens with zero attached hydrogens (tertiary/aromatic N) is 1. The van der Waals surface area contributed by atoms with E-state index in [1.54, 1.807) is 11.9 Å². The van der Waals surface area contributed by atoms with E-state index >= 15 is 0 Å². The molecule has 5 heteroatoms. The van der Waals surface area contributed by atoms with Crippen LogP contribution in [0.3, 0.4) is 0 Å². The average Bonchev–Trinajstić information content (AvgIpc) is 2.38. The van der Waals surface area contributed by atoms with Crippen molar-refractivity contribution in [1.82, 2.24) is 4.90 Å². The first-order chi connectivity index (χ1) is 9.40. The predicted molar refractivity (Wildman–Crippen MR) is 84.9 cm³/mol.